The second-order valence-corrected chi connectivity index (χ2v) is 6.08. The minimum absolute atomic E-state index is 0.111. The first kappa shape index (κ1) is 18.4. The third-order valence-corrected chi connectivity index (χ3v) is 3.38. The van der Waals surface area contributed by atoms with E-state index in [-0.39, 0.29) is 5.91 Å². The number of hydrogen-bond acceptors (Lipinski definition) is 4. The van der Waals surface area contributed by atoms with Gasteiger partial charge in [0.05, 0.1) is 0 Å². The molecule has 1 amide bonds. The lowest BCUT2D eigenvalue weighted by Gasteiger charge is -2.23. The molecule has 5 heteroatoms. The summed E-state index contributed by atoms with van der Waals surface area (Å²) in [4.78, 5) is 23.3. The number of nitrogens with zero attached hydrogens (tertiary/aromatic N) is 3. The first-order valence-corrected chi connectivity index (χ1v) is 8.36. The topological polar surface area (TPSA) is 58.1 Å². The van der Waals surface area contributed by atoms with Crippen LogP contribution in [0.4, 0.5) is 5.82 Å². The molecule has 0 fully saturated rings. The fourth-order valence-corrected chi connectivity index (χ4v) is 2.28. The zero-order valence-electron chi connectivity index (χ0n) is 14.6. The van der Waals surface area contributed by atoms with Crippen molar-refractivity contribution in [2.24, 2.45) is 5.92 Å². The molecule has 0 spiro atoms. The van der Waals surface area contributed by atoms with E-state index in [1.807, 2.05) is 13.0 Å². The van der Waals surface area contributed by atoms with E-state index in [1.54, 1.807) is 0 Å². The molecule has 1 rings (SSSR count). The molecular weight excluding hydrogens is 276 g/mol. The highest BCUT2D eigenvalue weighted by atomic mass is 16.1. The standard InChI is InChI=1S/C17H30N4O/c1-6-10-21(11-7-2)16-12-15(19-14(5)20-16)17(22)18-9-8-13(3)4/h12-13H,6-11H2,1-5H3,(H,18,22). The van der Waals surface area contributed by atoms with Crippen molar-refractivity contribution in [1.82, 2.24) is 15.3 Å². The van der Waals surface area contributed by atoms with Crippen LogP contribution in [0.5, 0.6) is 0 Å². The molecule has 0 aliphatic carbocycles. The molecule has 1 aromatic heterocycles. The van der Waals surface area contributed by atoms with E-state index in [2.05, 4.69) is 47.9 Å². The average molecular weight is 306 g/mol. The summed E-state index contributed by atoms with van der Waals surface area (Å²) >= 11 is 0. The monoisotopic (exact) mass is 306 g/mol. The summed E-state index contributed by atoms with van der Waals surface area (Å²) in [6.07, 6.45) is 3.08. The Morgan fingerprint density at radius 3 is 2.41 bits per heavy atom. The predicted molar refractivity (Wildman–Crippen MR) is 91.4 cm³/mol. The number of hydrogen-bond donors (Lipinski definition) is 1. The van der Waals surface area contributed by atoms with E-state index in [9.17, 15) is 4.79 Å². The van der Waals surface area contributed by atoms with E-state index in [1.165, 1.54) is 0 Å². The summed E-state index contributed by atoms with van der Waals surface area (Å²) in [6, 6.07) is 1.81. The van der Waals surface area contributed by atoms with E-state index < -0.39 is 0 Å². The quantitative estimate of drug-likeness (QED) is 0.761. The zero-order chi connectivity index (χ0) is 16.5. The van der Waals surface area contributed by atoms with Gasteiger partial charge in [-0.3, -0.25) is 4.79 Å². The van der Waals surface area contributed by atoms with Crippen molar-refractivity contribution in [3.8, 4) is 0 Å². The maximum atomic E-state index is 12.2. The van der Waals surface area contributed by atoms with Gasteiger partial charge in [-0.2, -0.15) is 0 Å². The van der Waals surface area contributed by atoms with Gasteiger partial charge in [0.2, 0.25) is 0 Å². The second kappa shape index (κ2) is 9.38. The maximum Gasteiger partial charge on any atom is 0.270 e. The van der Waals surface area contributed by atoms with Gasteiger partial charge in [0.25, 0.3) is 5.91 Å². The van der Waals surface area contributed by atoms with Crippen LogP contribution in [0, 0.1) is 12.8 Å². The van der Waals surface area contributed by atoms with Gasteiger partial charge in [-0.25, -0.2) is 9.97 Å². The summed E-state index contributed by atoms with van der Waals surface area (Å²) in [5, 5.41) is 2.94. The van der Waals surface area contributed by atoms with Gasteiger partial charge in [-0.1, -0.05) is 27.7 Å². The number of aromatic nitrogens is 2. The summed E-state index contributed by atoms with van der Waals surface area (Å²) in [7, 11) is 0. The van der Waals surface area contributed by atoms with Crippen molar-refractivity contribution in [2.45, 2.75) is 53.9 Å². The lowest BCUT2D eigenvalue weighted by Crippen LogP contribution is -2.29. The summed E-state index contributed by atoms with van der Waals surface area (Å²) < 4.78 is 0. The molecule has 1 aromatic rings. The zero-order valence-corrected chi connectivity index (χ0v) is 14.6. The molecule has 0 radical (unpaired) electrons. The van der Waals surface area contributed by atoms with Gasteiger partial charge in [-0.05, 0) is 32.1 Å². The number of rotatable bonds is 9. The number of carbonyl (C=O) groups is 1. The van der Waals surface area contributed by atoms with Crippen molar-refractivity contribution in [1.29, 1.82) is 0 Å². The number of nitrogens with one attached hydrogen (secondary N) is 1. The normalized spacial score (nSPS) is 10.8. The highest BCUT2D eigenvalue weighted by Gasteiger charge is 2.13. The first-order valence-electron chi connectivity index (χ1n) is 8.36. The number of anilines is 1. The van der Waals surface area contributed by atoms with Crippen LogP contribution in [0.15, 0.2) is 6.07 Å². The molecule has 0 bridgehead atoms. The summed E-state index contributed by atoms with van der Waals surface area (Å²) in [5.41, 5.74) is 0.462. The van der Waals surface area contributed by atoms with E-state index in [4.69, 9.17) is 0 Å². The maximum absolute atomic E-state index is 12.2. The fourth-order valence-electron chi connectivity index (χ4n) is 2.28. The van der Waals surface area contributed by atoms with Crippen molar-refractivity contribution < 1.29 is 4.79 Å². The van der Waals surface area contributed by atoms with Crippen LogP contribution in [-0.4, -0.2) is 35.5 Å². The molecule has 0 aromatic carbocycles. The Morgan fingerprint density at radius 2 is 1.86 bits per heavy atom. The molecule has 0 aliphatic heterocycles. The molecule has 5 nitrogen and oxygen atoms in total. The van der Waals surface area contributed by atoms with E-state index >= 15 is 0 Å². The predicted octanol–water partition coefficient (Wildman–Crippen LogP) is 3.19. The molecule has 0 saturated heterocycles. The molecule has 0 unspecified atom stereocenters. The Hall–Kier alpha value is -1.65. The van der Waals surface area contributed by atoms with E-state index in [0.717, 1.165) is 38.2 Å². The number of carbonyl (C=O) groups excluding carboxylic acids is 1. The van der Waals surface area contributed by atoms with Crippen LogP contribution in [0.2, 0.25) is 0 Å². The van der Waals surface area contributed by atoms with Crippen molar-refractivity contribution in [3.63, 3.8) is 0 Å². The largest absolute Gasteiger partial charge is 0.357 e. The minimum atomic E-state index is -0.111. The number of aryl methyl sites for hydroxylation is 1. The lowest BCUT2D eigenvalue weighted by molar-refractivity contribution is 0.0946. The Bertz CT molecular complexity index is 468. The second-order valence-electron chi connectivity index (χ2n) is 6.08. The van der Waals surface area contributed by atoms with Gasteiger partial charge in [0.15, 0.2) is 0 Å². The molecule has 0 atom stereocenters. The lowest BCUT2D eigenvalue weighted by atomic mass is 10.1. The van der Waals surface area contributed by atoms with Gasteiger partial charge < -0.3 is 10.2 Å². The Morgan fingerprint density at radius 1 is 1.23 bits per heavy atom. The Labute approximate surface area is 134 Å². The van der Waals surface area contributed by atoms with Crippen LogP contribution in [-0.2, 0) is 0 Å². The average Bonchev–Trinajstić information content (AvgIpc) is 2.46. The van der Waals surface area contributed by atoms with Crippen molar-refractivity contribution >= 4 is 11.7 Å². The van der Waals surface area contributed by atoms with Crippen LogP contribution >= 0.6 is 0 Å². The van der Waals surface area contributed by atoms with Gasteiger partial charge in [-0.15, -0.1) is 0 Å². The molecule has 124 valence electrons. The Kier molecular flexibility index (Phi) is 7.85. The van der Waals surface area contributed by atoms with Crippen LogP contribution < -0.4 is 10.2 Å². The SMILES string of the molecule is CCCN(CCC)c1cc(C(=O)NCCC(C)C)nc(C)n1. The summed E-state index contributed by atoms with van der Waals surface area (Å²) in [5.74, 6) is 1.96. The molecule has 1 heterocycles. The molecular formula is C17H30N4O. The fraction of sp³-hybridized carbons (Fsp3) is 0.706. The highest BCUT2D eigenvalue weighted by molar-refractivity contribution is 5.92. The minimum Gasteiger partial charge on any atom is -0.357 e. The third-order valence-electron chi connectivity index (χ3n) is 3.38. The van der Waals surface area contributed by atoms with Gasteiger partial charge in [0.1, 0.15) is 17.3 Å². The summed E-state index contributed by atoms with van der Waals surface area (Å²) in [6.45, 7) is 13.0. The smallest absolute Gasteiger partial charge is 0.270 e. The Balaban J connectivity index is 2.85. The highest BCUT2D eigenvalue weighted by Crippen LogP contribution is 2.14. The molecule has 0 aliphatic rings. The van der Waals surface area contributed by atoms with E-state index in [0.29, 0.717) is 24.0 Å². The molecule has 22 heavy (non-hydrogen) atoms. The third kappa shape index (κ3) is 6.00. The van der Waals surface area contributed by atoms with Gasteiger partial charge in [0, 0.05) is 25.7 Å². The van der Waals surface area contributed by atoms with Crippen LogP contribution in [0.1, 0.15) is 63.3 Å². The molecule has 1 N–H and O–H groups in total. The van der Waals surface area contributed by atoms with Crippen LogP contribution in [0.3, 0.4) is 0 Å². The molecule has 0 saturated carbocycles. The van der Waals surface area contributed by atoms with Crippen molar-refractivity contribution in [3.05, 3.63) is 17.6 Å². The first-order chi connectivity index (χ1) is 10.5. The number of amides is 1. The van der Waals surface area contributed by atoms with Crippen LogP contribution in [0.25, 0.3) is 0 Å². The van der Waals surface area contributed by atoms with Crippen molar-refractivity contribution in [2.75, 3.05) is 24.5 Å². The van der Waals surface area contributed by atoms with Gasteiger partial charge >= 0.3 is 0 Å².